The van der Waals surface area contributed by atoms with Crippen LogP contribution < -0.4 is 9.47 Å². The monoisotopic (exact) mass is 348 g/mol. The molecule has 0 aliphatic heterocycles. The van der Waals surface area contributed by atoms with Gasteiger partial charge in [-0.05, 0) is 30.7 Å². The van der Waals surface area contributed by atoms with Gasteiger partial charge in [-0.1, -0.05) is 12.1 Å². The smallest absolute Gasteiger partial charge is 0.341 e. The summed E-state index contributed by atoms with van der Waals surface area (Å²) in [5.41, 5.74) is 1.75. The van der Waals surface area contributed by atoms with Crippen LogP contribution in [0.4, 0.5) is 0 Å². The minimum atomic E-state index is -0.506. The van der Waals surface area contributed by atoms with Gasteiger partial charge in [0.15, 0.2) is 11.5 Å². The van der Waals surface area contributed by atoms with E-state index < -0.39 is 5.97 Å². The van der Waals surface area contributed by atoms with E-state index in [-0.39, 0.29) is 5.57 Å². The zero-order chi connectivity index (χ0) is 18.8. The SMILES string of the molecule is CO\C=C(C(=O)OC)/C(C)=C(\C=C\c1ccc(OC)c(OC)c1)OC. The molecule has 0 N–H and O–H groups in total. The molecule has 0 aromatic heterocycles. The molecular formula is C19H24O6. The topological polar surface area (TPSA) is 63.2 Å². The Hall–Kier alpha value is -2.89. The van der Waals surface area contributed by atoms with Gasteiger partial charge in [-0.2, -0.15) is 0 Å². The molecule has 6 heteroatoms. The van der Waals surface area contributed by atoms with Crippen molar-refractivity contribution in [2.45, 2.75) is 6.92 Å². The van der Waals surface area contributed by atoms with Crippen molar-refractivity contribution in [1.29, 1.82) is 0 Å². The molecule has 1 aromatic rings. The molecule has 6 nitrogen and oxygen atoms in total. The van der Waals surface area contributed by atoms with E-state index in [1.54, 1.807) is 27.2 Å². The lowest BCUT2D eigenvalue weighted by Crippen LogP contribution is -2.08. The Labute approximate surface area is 148 Å². The Bertz CT molecular complexity index is 685. The van der Waals surface area contributed by atoms with Crippen molar-refractivity contribution in [2.75, 3.05) is 35.5 Å². The van der Waals surface area contributed by atoms with Crippen LogP contribution in [0.15, 0.2) is 47.4 Å². The van der Waals surface area contributed by atoms with Gasteiger partial charge in [0.1, 0.15) is 11.3 Å². The number of allylic oxidation sites excluding steroid dienone is 1. The molecule has 0 saturated carbocycles. The minimum absolute atomic E-state index is 0.277. The average Bonchev–Trinajstić information content (AvgIpc) is 2.65. The fraction of sp³-hybridized carbons (Fsp3) is 0.316. The van der Waals surface area contributed by atoms with Crippen LogP contribution in [-0.4, -0.2) is 41.5 Å². The lowest BCUT2D eigenvalue weighted by molar-refractivity contribution is -0.136. The van der Waals surface area contributed by atoms with Crippen molar-refractivity contribution in [1.82, 2.24) is 0 Å². The maximum atomic E-state index is 11.9. The largest absolute Gasteiger partial charge is 0.503 e. The quantitative estimate of drug-likeness (QED) is 0.311. The van der Waals surface area contributed by atoms with Crippen LogP contribution in [0.1, 0.15) is 12.5 Å². The van der Waals surface area contributed by atoms with Gasteiger partial charge >= 0.3 is 5.97 Å². The molecule has 0 aliphatic rings. The number of carbonyl (C=O) groups is 1. The normalized spacial score (nSPS) is 12.5. The first-order valence-electron chi connectivity index (χ1n) is 7.48. The number of benzene rings is 1. The summed E-state index contributed by atoms with van der Waals surface area (Å²) in [6.45, 7) is 1.75. The fourth-order valence-corrected chi connectivity index (χ4v) is 2.12. The van der Waals surface area contributed by atoms with E-state index >= 15 is 0 Å². The van der Waals surface area contributed by atoms with Crippen molar-refractivity contribution < 1.29 is 28.5 Å². The van der Waals surface area contributed by atoms with Gasteiger partial charge < -0.3 is 23.7 Å². The van der Waals surface area contributed by atoms with Crippen LogP contribution in [-0.2, 0) is 19.0 Å². The van der Waals surface area contributed by atoms with Gasteiger partial charge in [0.25, 0.3) is 0 Å². The molecule has 136 valence electrons. The minimum Gasteiger partial charge on any atom is -0.503 e. The standard InChI is InChI=1S/C19H24O6/c1-13(15(12-21-2)19(20)25-6)16(22-3)9-7-14-8-10-17(23-4)18(11-14)24-5/h7-12H,1-6H3/b9-7+,15-12+,16-13+. The first-order chi connectivity index (χ1) is 12.0. The average molecular weight is 348 g/mol. The number of rotatable bonds is 8. The number of hydrogen-bond acceptors (Lipinski definition) is 6. The lowest BCUT2D eigenvalue weighted by Gasteiger charge is -2.10. The summed E-state index contributed by atoms with van der Waals surface area (Å²) in [5, 5.41) is 0. The van der Waals surface area contributed by atoms with E-state index in [1.165, 1.54) is 27.6 Å². The first-order valence-corrected chi connectivity index (χ1v) is 7.48. The molecule has 0 bridgehead atoms. The van der Waals surface area contributed by atoms with E-state index in [9.17, 15) is 4.79 Å². The summed E-state index contributed by atoms with van der Waals surface area (Å²) in [6, 6.07) is 5.53. The van der Waals surface area contributed by atoms with Gasteiger partial charge in [-0.15, -0.1) is 0 Å². The highest BCUT2D eigenvalue weighted by Gasteiger charge is 2.16. The zero-order valence-electron chi connectivity index (χ0n) is 15.4. The van der Waals surface area contributed by atoms with Crippen LogP contribution in [0.2, 0.25) is 0 Å². The third-order valence-corrected chi connectivity index (χ3v) is 3.47. The highest BCUT2D eigenvalue weighted by atomic mass is 16.5. The number of methoxy groups -OCH3 is 5. The highest BCUT2D eigenvalue weighted by Crippen LogP contribution is 2.28. The molecule has 0 aliphatic carbocycles. The molecule has 1 rings (SSSR count). The number of carbonyl (C=O) groups excluding carboxylic acids is 1. The molecule has 0 heterocycles. The molecule has 0 saturated heterocycles. The highest BCUT2D eigenvalue weighted by molar-refractivity contribution is 5.93. The fourth-order valence-electron chi connectivity index (χ4n) is 2.12. The third kappa shape index (κ3) is 5.31. The van der Waals surface area contributed by atoms with E-state index in [4.69, 9.17) is 23.7 Å². The maximum Gasteiger partial charge on any atom is 0.341 e. The molecule has 0 radical (unpaired) electrons. The second-order valence-electron chi connectivity index (χ2n) is 4.90. The molecule has 25 heavy (non-hydrogen) atoms. The van der Waals surface area contributed by atoms with Crippen molar-refractivity contribution >= 4 is 12.0 Å². The van der Waals surface area contributed by atoms with Crippen molar-refractivity contribution in [3.8, 4) is 11.5 Å². The second kappa shape index (κ2) is 10.1. The van der Waals surface area contributed by atoms with Crippen LogP contribution in [0, 0.1) is 0 Å². The molecule has 0 amide bonds. The maximum absolute atomic E-state index is 11.9. The molecule has 0 atom stereocenters. The molecular weight excluding hydrogens is 324 g/mol. The molecule has 0 spiro atoms. The molecule has 1 aromatic carbocycles. The summed E-state index contributed by atoms with van der Waals surface area (Å²) < 4.78 is 25.6. The van der Waals surface area contributed by atoms with Crippen molar-refractivity contribution in [2.24, 2.45) is 0 Å². The van der Waals surface area contributed by atoms with Crippen LogP contribution in [0.25, 0.3) is 6.08 Å². The van der Waals surface area contributed by atoms with E-state index in [0.29, 0.717) is 22.8 Å². The third-order valence-electron chi connectivity index (χ3n) is 3.47. The van der Waals surface area contributed by atoms with Gasteiger partial charge in [0.05, 0.1) is 41.8 Å². The second-order valence-corrected chi connectivity index (χ2v) is 4.90. The number of esters is 1. The van der Waals surface area contributed by atoms with Crippen LogP contribution in [0.5, 0.6) is 11.5 Å². The Morgan fingerprint density at radius 3 is 2.16 bits per heavy atom. The molecule has 0 fully saturated rings. The zero-order valence-corrected chi connectivity index (χ0v) is 15.4. The summed E-state index contributed by atoms with van der Waals surface area (Å²) in [7, 11) is 7.46. The van der Waals surface area contributed by atoms with Crippen molar-refractivity contribution in [3.05, 3.63) is 53.0 Å². The predicted octanol–water partition coefficient (Wildman–Crippen LogP) is 3.34. The van der Waals surface area contributed by atoms with Gasteiger partial charge in [-0.25, -0.2) is 4.79 Å². The lowest BCUT2D eigenvalue weighted by atomic mass is 10.1. The Morgan fingerprint density at radius 2 is 1.64 bits per heavy atom. The molecule has 0 unspecified atom stereocenters. The van der Waals surface area contributed by atoms with Crippen LogP contribution in [0.3, 0.4) is 0 Å². The van der Waals surface area contributed by atoms with Gasteiger partial charge in [-0.3, -0.25) is 0 Å². The van der Waals surface area contributed by atoms with Gasteiger partial charge in [0.2, 0.25) is 0 Å². The summed E-state index contributed by atoms with van der Waals surface area (Å²) in [4.78, 5) is 11.9. The summed E-state index contributed by atoms with van der Waals surface area (Å²) in [6.07, 6.45) is 4.92. The van der Waals surface area contributed by atoms with Gasteiger partial charge in [0, 0.05) is 5.57 Å². The summed E-state index contributed by atoms with van der Waals surface area (Å²) >= 11 is 0. The van der Waals surface area contributed by atoms with Crippen LogP contribution >= 0.6 is 0 Å². The van der Waals surface area contributed by atoms with E-state index in [2.05, 4.69) is 0 Å². The van der Waals surface area contributed by atoms with E-state index in [0.717, 1.165) is 5.56 Å². The number of ether oxygens (including phenoxy) is 5. The van der Waals surface area contributed by atoms with E-state index in [1.807, 2.05) is 24.3 Å². The summed E-state index contributed by atoms with van der Waals surface area (Å²) in [5.74, 6) is 1.27. The Balaban J connectivity index is 3.21. The Morgan fingerprint density at radius 1 is 0.960 bits per heavy atom. The van der Waals surface area contributed by atoms with Crippen molar-refractivity contribution in [3.63, 3.8) is 0 Å². The predicted molar refractivity (Wildman–Crippen MR) is 95.4 cm³/mol. The Kier molecular flexibility index (Phi) is 8.12. The number of hydrogen-bond donors (Lipinski definition) is 0. The first kappa shape index (κ1) is 20.2.